The van der Waals surface area contributed by atoms with Crippen molar-refractivity contribution in [1.82, 2.24) is 0 Å². The molecular weight excluding hydrogens is 474 g/mol. The Morgan fingerprint density at radius 1 is 1.00 bits per heavy atom. The molecule has 0 aliphatic heterocycles. The fourth-order valence-electron chi connectivity index (χ4n) is 4.85. The van der Waals surface area contributed by atoms with Gasteiger partial charge in [-0.2, -0.15) is 0 Å². The molecule has 1 fully saturated rings. The molecule has 3 N–H and O–H groups in total. The first kappa shape index (κ1) is 30.0. The van der Waals surface area contributed by atoms with Crippen LogP contribution in [0, 0.1) is 5.92 Å². The molecule has 0 saturated heterocycles. The van der Waals surface area contributed by atoms with E-state index in [1.54, 1.807) is 14.2 Å². The number of aliphatic carboxylic acids is 2. The average Bonchev–Trinajstić information content (AvgIpc) is 2.89. The summed E-state index contributed by atoms with van der Waals surface area (Å²) in [5, 5.41) is 18.7. The predicted octanol–water partition coefficient (Wildman–Crippen LogP) is 3.13. The number of rotatable bonds is 11. The normalized spacial score (nSPS) is 14.3. The molecule has 1 aliphatic carbocycles. The first-order chi connectivity index (χ1) is 17.7. The number of nitrogens with two attached hydrogens (primary N) is 1. The highest BCUT2D eigenvalue weighted by Crippen LogP contribution is 2.38. The second-order valence-electron chi connectivity index (χ2n) is 9.59. The second kappa shape index (κ2) is 15.8. The molecule has 0 aromatic heterocycles. The molecule has 3 rings (SSSR count). The highest BCUT2D eigenvalue weighted by Gasteiger charge is 2.25. The number of hydrogen-bond donors (Lipinski definition) is 2. The molecule has 1 aliphatic rings. The van der Waals surface area contributed by atoms with Crippen molar-refractivity contribution in [2.45, 2.75) is 70.9 Å². The molecule has 204 valence electrons. The van der Waals surface area contributed by atoms with Gasteiger partial charge in [-0.1, -0.05) is 31.4 Å². The van der Waals surface area contributed by atoms with Crippen LogP contribution in [0.25, 0.3) is 0 Å². The van der Waals surface area contributed by atoms with E-state index in [1.807, 2.05) is 6.07 Å². The topological polar surface area (TPSA) is 122 Å². The zero-order valence-corrected chi connectivity index (χ0v) is 22.4. The van der Waals surface area contributed by atoms with Crippen molar-refractivity contribution in [3.8, 4) is 17.2 Å². The molecule has 0 radical (unpaired) electrons. The van der Waals surface area contributed by atoms with Gasteiger partial charge in [-0.3, -0.25) is 0 Å². The van der Waals surface area contributed by atoms with E-state index in [2.05, 4.69) is 55.6 Å². The minimum atomic E-state index is -2.07. The molecule has 8 heteroatoms. The molecule has 2 aromatic rings. The molecule has 1 atom stereocenters. The smallest absolute Gasteiger partial charge is 0.351 e. The maximum atomic E-state index is 9.04. The van der Waals surface area contributed by atoms with Crippen LogP contribution < -0.4 is 24.6 Å². The number of benzene rings is 2. The van der Waals surface area contributed by atoms with Gasteiger partial charge in [-0.25, -0.2) is 4.79 Å². The molecule has 0 spiro atoms. The molecule has 2 aromatic carbocycles. The highest BCUT2D eigenvalue weighted by atomic mass is 16.5. The lowest BCUT2D eigenvalue weighted by Gasteiger charge is -2.30. The first-order valence-electron chi connectivity index (χ1n) is 13.0. The van der Waals surface area contributed by atoms with Crippen molar-refractivity contribution in [1.29, 1.82) is 0 Å². The van der Waals surface area contributed by atoms with Crippen molar-refractivity contribution in [3.63, 3.8) is 0 Å². The number of carboxylic acids is 2. The third kappa shape index (κ3) is 10.3. The number of carbonyl (C=O) groups excluding carboxylic acids is 1. The predicted molar refractivity (Wildman–Crippen MR) is 139 cm³/mol. The molecule has 1 unspecified atom stereocenters. The Labute approximate surface area is 219 Å². The first-order valence-corrected chi connectivity index (χ1v) is 13.0. The Morgan fingerprint density at radius 3 is 2.16 bits per heavy atom. The number of ether oxygens (including phenoxy) is 3. The van der Waals surface area contributed by atoms with Gasteiger partial charge in [0.25, 0.3) is 0 Å². The van der Waals surface area contributed by atoms with Crippen LogP contribution in [0.4, 0.5) is 0 Å². The summed E-state index contributed by atoms with van der Waals surface area (Å²) in [4.78, 5) is 18.0. The average molecular weight is 516 g/mol. The van der Waals surface area contributed by atoms with E-state index in [0.29, 0.717) is 5.92 Å². The highest BCUT2D eigenvalue weighted by molar-refractivity contribution is 6.26. The third-order valence-corrected chi connectivity index (χ3v) is 6.58. The van der Waals surface area contributed by atoms with Gasteiger partial charge >= 0.3 is 5.97 Å². The fourth-order valence-corrected chi connectivity index (χ4v) is 4.85. The van der Waals surface area contributed by atoms with Crippen molar-refractivity contribution in [3.05, 3.63) is 53.6 Å². The summed E-state index contributed by atoms with van der Waals surface area (Å²) >= 11 is 0. The van der Waals surface area contributed by atoms with E-state index >= 15 is 0 Å². The van der Waals surface area contributed by atoms with Gasteiger partial charge in [0.1, 0.15) is 12.3 Å². The van der Waals surface area contributed by atoms with Crippen LogP contribution in [-0.4, -0.2) is 43.9 Å². The third-order valence-electron chi connectivity index (χ3n) is 6.58. The van der Waals surface area contributed by atoms with Crippen LogP contribution in [0.5, 0.6) is 17.2 Å². The van der Waals surface area contributed by atoms with Gasteiger partial charge in [0, 0.05) is 12.0 Å². The van der Waals surface area contributed by atoms with Gasteiger partial charge in [-0.05, 0) is 74.4 Å². The van der Waals surface area contributed by atoms with E-state index in [4.69, 9.17) is 34.0 Å². The van der Waals surface area contributed by atoms with Crippen molar-refractivity contribution in [2.24, 2.45) is 5.92 Å². The lowest BCUT2D eigenvalue weighted by Crippen LogP contribution is -2.82. The van der Waals surface area contributed by atoms with E-state index in [0.717, 1.165) is 36.3 Å². The Hall–Kier alpha value is -3.26. The van der Waals surface area contributed by atoms with Gasteiger partial charge in [0.15, 0.2) is 17.5 Å². The standard InChI is InChI=1S/C27H39NO3.C2H2O4/c1-20(2)31-24-13-11-23(12-14-24)25(22-8-6-5-7-9-22)16-17-28-19-21-10-15-26(29-3)27(18-21)30-4;3-1(4)2(5)6/h10-15,18,20,22,25,28H,5-9,16-17,19H2,1-4H3;(H,3,4)(H,5,6). The summed E-state index contributed by atoms with van der Waals surface area (Å²) < 4.78 is 16.6. The van der Waals surface area contributed by atoms with E-state index < -0.39 is 11.9 Å². The van der Waals surface area contributed by atoms with Crippen molar-refractivity contribution < 1.29 is 39.3 Å². The Bertz CT molecular complexity index is 957. The van der Waals surface area contributed by atoms with Crippen LogP contribution in [0.3, 0.4) is 0 Å². The molecule has 1 saturated carbocycles. The van der Waals surface area contributed by atoms with Crippen LogP contribution in [0.2, 0.25) is 0 Å². The second-order valence-corrected chi connectivity index (χ2v) is 9.59. The summed E-state index contributed by atoms with van der Waals surface area (Å²) in [7, 11) is 3.37. The minimum absolute atomic E-state index is 0.214. The number of quaternary nitrogens is 1. The summed E-state index contributed by atoms with van der Waals surface area (Å²) in [5.74, 6) is -0.00740. The van der Waals surface area contributed by atoms with Gasteiger partial charge < -0.3 is 34.5 Å². The number of carboxylic acid groups (broad SMARTS) is 2. The van der Waals surface area contributed by atoms with Gasteiger partial charge in [-0.15, -0.1) is 0 Å². The fraction of sp³-hybridized carbons (Fsp3) is 0.517. The van der Waals surface area contributed by atoms with Gasteiger partial charge in [0.2, 0.25) is 0 Å². The van der Waals surface area contributed by atoms with Crippen molar-refractivity contribution >= 4 is 11.9 Å². The lowest BCUT2D eigenvalue weighted by molar-refractivity contribution is -0.671. The van der Waals surface area contributed by atoms with E-state index in [9.17, 15) is 0 Å². The quantitative estimate of drug-likeness (QED) is 0.348. The summed E-state index contributed by atoms with van der Waals surface area (Å²) in [6.07, 6.45) is 8.31. The molecular formula is C29H41NO7. The molecule has 0 bridgehead atoms. The van der Waals surface area contributed by atoms with E-state index in [1.165, 1.54) is 49.7 Å². The van der Waals surface area contributed by atoms with E-state index in [-0.39, 0.29) is 6.10 Å². The molecule has 8 nitrogen and oxygen atoms in total. The molecule has 0 heterocycles. The Balaban J connectivity index is 0.000000717. The lowest BCUT2D eigenvalue weighted by atomic mass is 9.75. The Morgan fingerprint density at radius 2 is 1.62 bits per heavy atom. The zero-order valence-electron chi connectivity index (χ0n) is 22.4. The zero-order chi connectivity index (χ0) is 27.2. The minimum Gasteiger partial charge on any atom is -0.539 e. The maximum Gasteiger partial charge on any atom is 0.351 e. The van der Waals surface area contributed by atoms with Crippen molar-refractivity contribution in [2.75, 3.05) is 20.8 Å². The largest absolute Gasteiger partial charge is 0.539 e. The number of carbonyl (C=O) groups is 2. The van der Waals surface area contributed by atoms with Crippen LogP contribution in [-0.2, 0) is 16.1 Å². The van der Waals surface area contributed by atoms with Crippen LogP contribution in [0.1, 0.15) is 69.4 Å². The SMILES string of the molecule is COc1ccc(C[NH2+]CCC(c2ccc(OC(C)C)cc2)C2CCCCC2)cc1OC.O=C([O-])C(=O)O. The summed E-state index contributed by atoms with van der Waals surface area (Å²) in [6, 6.07) is 15.1. The maximum absolute atomic E-state index is 9.04. The molecule has 37 heavy (non-hydrogen) atoms. The summed E-state index contributed by atoms with van der Waals surface area (Å²) in [6.45, 7) is 6.23. The Kier molecular flexibility index (Phi) is 12.8. The number of methoxy groups -OCH3 is 2. The van der Waals surface area contributed by atoms with Crippen LogP contribution in [0.15, 0.2) is 42.5 Å². The molecule has 0 amide bonds. The van der Waals surface area contributed by atoms with Gasteiger partial charge in [0.05, 0.1) is 26.9 Å². The summed E-state index contributed by atoms with van der Waals surface area (Å²) in [5.41, 5.74) is 2.74. The number of hydrogen-bond acceptors (Lipinski definition) is 6. The monoisotopic (exact) mass is 515 g/mol. The van der Waals surface area contributed by atoms with Crippen LogP contribution >= 0.6 is 0 Å².